The van der Waals surface area contributed by atoms with Crippen molar-refractivity contribution < 1.29 is 24.5 Å². The van der Waals surface area contributed by atoms with Gasteiger partial charge in [0.2, 0.25) is 5.91 Å². The lowest BCUT2D eigenvalue weighted by molar-refractivity contribution is -0.128. The molecule has 0 bridgehead atoms. The highest BCUT2D eigenvalue weighted by molar-refractivity contribution is 5.95. The number of fused-ring (bicyclic) bond motifs is 1. The summed E-state index contributed by atoms with van der Waals surface area (Å²) in [5.74, 6) is 0.772. The molecular weight excluding hydrogens is 456 g/mol. The normalized spacial score (nSPS) is 30.2. The minimum Gasteiger partial charge on any atom is -0.492 e. The maximum Gasteiger partial charge on any atom is 0.254 e. The highest BCUT2D eigenvalue weighted by Crippen LogP contribution is 2.53. The molecule has 2 aliphatic heterocycles. The summed E-state index contributed by atoms with van der Waals surface area (Å²) in [6.07, 6.45) is 2.51. The highest BCUT2D eigenvalue weighted by Gasteiger charge is 2.57. The second-order valence-corrected chi connectivity index (χ2v) is 10.7. The van der Waals surface area contributed by atoms with Gasteiger partial charge in [0.05, 0.1) is 24.8 Å². The predicted octanol–water partition coefficient (Wildman–Crippen LogP) is 3.56. The number of hydrogen-bond donors (Lipinski definition) is 2. The van der Waals surface area contributed by atoms with E-state index in [1.807, 2.05) is 47.1 Å². The van der Waals surface area contributed by atoms with E-state index in [1.54, 1.807) is 24.3 Å². The molecule has 0 radical (unpaired) electrons. The Morgan fingerprint density at radius 3 is 2.50 bits per heavy atom. The Morgan fingerprint density at radius 2 is 1.81 bits per heavy atom. The van der Waals surface area contributed by atoms with Crippen LogP contribution in [-0.4, -0.2) is 69.8 Å². The van der Waals surface area contributed by atoms with Crippen LogP contribution in [-0.2, 0) is 4.79 Å². The topological polar surface area (TPSA) is 90.3 Å². The van der Waals surface area contributed by atoms with Crippen LogP contribution in [0.2, 0.25) is 0 Å². The SMILES string of the molecule is C[C@@]12C[C@H](c3ccccc3)N(C(=O)c3ccc(OCCN4CCCC4=O)cc3)[C@@H]1CCC[C@H](O)[C@@H]2O. The quantitative estimate of drug-likeness (QED) is 0.644. The van der Waals surface area contributed by atoms with Crippen molar-refractivity contribution in [1.29, 1.82) is 0 Å². The lowest BCUT2D eigenvalue weighted by Crippen LogP contribution is -2.49. The van der Waals surface area contributed by atoms with Gasteiger partial charge in [-0.1, -0.05) is 37.3 Å². The van der Waals surface area contributed by atoms with Crippen LogP contribution >= 0.6 is 0 Å². The van der Waals surface area contributed by atoms with E-state index in [0.29, 0.717) is 43.7 Å². The number of hydrogen-bond acceptors (Lipinski definition) is 5. The van der Waals surface area contributed by atoms with Crippen molar-refractivity contribution in [3.8, 4) is 5.75 Å². The molecule has 2 N–H and O–H groups in total. The molecule has 7 nitrogen and oxygen atoms in total. The van der Waals surface area contributed by atoms with E-state index in [2.05, 4.69) is 0 Å². The monoisotopic (exact) mass is 492 g/mol. The molecule has 2 aromatic rings. The Kier molecular flexibility index (Phi) is 7.04. The van der Waals surface area contributed by atoms with Crippen molar-refractivity contribution in [3.63, 3.8) is 0 Å². The van der Waals surface area contributed by atoms with Crippen molar-refractivity contribution in [3.05, 3.63) is 65.7 Å². The van der Waals surface area contributed by atoms with Crippen LogP contribution in [0.4, 0.5) is 0 Å². The van der Waals surface area contributed by atoms with E-state index in [1.165, 1.54) is 0 Å². The number of aliphatic hydroxyl groups is 2. The van der Waals surface area contributed by atoms with E-state index in [9.17, 15) is 19.8 Å². The number of ether oxygens (including phenoxy) is 1. The number of nitrogens with zero attached hydrogens (tertiary/aromatic N) is 2. The van der Waals surface area contributed by atoms with Crippen LogP contribution in [0, 0.1) is 5.41 Å². The van der Waals surface area contributed by atoms with Gasteiger partial charge in [-0.2, -0.15) is 0 Å². The third-order valence-corrected chi connectivity index (χ3v) is 8.40. The van der Waals surface area contributed by atoms with Crippen LogP contribution in [0.5, 0.6) is 5.75 Å². The van der Waals surface area contributed by atoms with Gasteiger partial charge < -0.3 is 24.7 Å². The minimum absolute atomic E-state index is 0.0737. The van der Waals surface area contributed by atoms with Crippen LogP contribution in [0.3, 0.4) is 0 Å². The largest absolute Gasteiger partial charge is 0.492 e. The summed E-state index contributed by atoms with van der Waals surface area (Å²) in [7, 11) is 0. The predicted molar refractivity (Wildman–Crippen MR) is 135 cm³/mol. The van der Waals surface area contributed by atoms with Gasteiger partial charge in [-0.25, -0.2) is 0 Å². The molecule has 7 heteroatoms. The second-order valence-electron chi connectivity index (χ2n) is 10.7. The molecule has 1 aliphatic carbocycles. The first-order chi connectivity index (χ1) is 17.4. The third-order valence-electron chi connectivity index (χ3n) is 8.40. The Balaban J connectivity index is 1.35. The van der Waals surface area contributed by atoms with Gasteiger partial charge in [0.1, 0.15) is 12.4 Å². The number of rotatable bonds is 6. The molecule has 3 aliphatic rings. The first-order valence-electron chi connectivity index (χ1n) is 13.1. The number of carbonyl (C=O) groups is 2. The summed E-state index contributed by atoms with van der Waals surface area (Å²) >= 11 is 0. The minimum atomic E-state index is -0.882. The second kappa shape index (κ2) is 10.2. The van der Waals surface area contributed by atoms with Crippen molar-refractivity contribution in [2.45, 2.75) is 69.7 Å². The molecule has 2 heterocycles. The highest BCUT2D eigenvalue weighted by atomic mass is 16.5. The van der Waals surface area contributed by atoms with Crippen molar-refractivity contribution >= 4 is 11.8 Å². The van der Waals surface area contributed by atoms with E-state index < -0.39 is 17.6 Å². The molecule has 0 unspecified atom stereocenters. The average molecular weight is 493 g/mol. The smallest absolute Gasteiger partial charge is 0.254 e. The maximum atomic E-state index is 14.0. The number of carbonyl (C=O) groups excluding carboxylic acids is 2. The molecule has 2 amide bonds. The van der Waals surface area contributed by atoms with Gasteiger partial charge in [-0.3, -0.25) is 9.59 Å². The van der Waals surface area contributed by atoms with Gasteiger partial charge in [0, 0.05) is 30.0 Å². The van der Waals surface area contributed by atoms with E-state index in [0.717, 1.165) is 31.4 Å². The van der Waals surface area contributed by atoms with Gasteiger partial charge in [0.15, 0.2) is 0 Å². The van der Waals surface area contributed by atoms with Crippen LogP contribution < -0.4 is 4.74 Å². The summed E-state index contributed by atoms with van der Waals surface area (Å²) in [5, 5.41) is 21.7. The number of benzene rings is 2. The Labute approximate surface area is 212 Å². The van der Waals surface area contributed by atoms with Gasteiger partial charge in [0.25, 0.3) is 5.91 Å². The molecule has 0 spiro atoms. The zero-order chi connectivity index (χ0) is 25.3. The van der Waals surface area contributed by atoms with Crippen LogP contribution in [0.25, 0.3) is 0 Å². The molecule has 5 rings (SSSR count). The van der Waals surface area contributed by atoms with Crippen molar-refractivity contribution in [2.24, 2.45) is 5.41 Å². The summed E-state index contributed by atoms with van der Waals surface area (Å²) in [6, 6.07) is 16.8. The van der Waals surface area contributed by atoms with Crippen molar-refractivity contribution in [1.82, 2.24) is 9.80 Å². The standard InChI is InChI=1S/C29H36N2O5/c1-29-19-23(20-7-3-2-4-8-20)31(25(29)10-5-9-24(32)27(29)34)28(35)21-12-14-22(15-13-21)36-18-17-30-16-6-11-26(30)33/h2-4,7-8,12-15,23-25,27,32,34H,5-6,9-11,16-19H2,1H3/t23-,24+,25-,27+,29-/m1/s1. The van der Waals surface area contributed by atoms with Crippen molar-refractivity contribution in [2.75, 3.05) is 19.7 Å². The number of likely N-dealkylation sites (tertiary alicyclic amines) is 2. The Morgan fingerprint density at radius 1 is 1.06 bits per heavy atom. The fourth-order valence-corrected chi connectivity index (χ4v) is 6.38. The molecule has 192 valence electrons. The molecule has 5 atom stereocenters. The molecular formula is C29H36N2O5. The molecule has 2 aromatic carbocycles. The van der Waals surface area contributed by atoms with Gasteiger partial charge in [-0.05, 0) is 61.9 Å². The van der Waals surface area contributed by atoms with E-state index in [4.69, 9.17) is 4.74 Å². The zero-order valence-electron chi connectivity index (χ0n) is 20.9. The first-order valence-corrected chi connectivity index (χ1v) is 13.1. The molecule has 3 fully saturated rings. The molecule has 1 saturated carbocycles. The number of aliphatic hydroxyl groups excluding tert-OH is 2. The first kappa shape index (κ1) is 24.8. The zero-order valence-corrected chi connectivity index (χ0v) is 20.9. The molecule has 36 heavy (non-hydrogen) atoms. The van der Waals surface area contributed by atoms with E-state index in [-0.39, 0.29) is 23.9 Å². The summed E-state index contributed by atoms with van der Waals surface area (Å²) in [5.41, 5.74) is 1.02. The van der Waals surface area contributed by atoms with E-state index >= 15 is 0 Å². The van der Waals surface area contributed by atoms with Gasteiger partial charge in [-0.15, -0.1) is 0 Å². The lowest BCUT2D eigenvalue weighted by Gasteiger charge is -2.38. The average Bonchev–Trinajstić information content (AvgIpc) is 3.41. The summed E-state index contributed by atoms with van der Waals surface area (Å²) in [4.78, 5) is 29.5. The van der Waals surface area contributed by atoms with Crippen LogP contribution in [0.15, 0.2) is 54.6 Å². The third kappa shape index (κ3) is 4.62. The Bertz CT molecular complexity index is 1070. The molecule has 0 aromatic heterocycles. The van der Waals surface area contributed by atoms with Gasteiger partial charge >= 0.3 is 0 Å². The number of amides is 2. The molecule has 2 saturated heterocycles. The maximum absolute atomic E-state index is 14.0. The fourth-order valence-electron chi connectivity index (χ4n) is 6.38. The lowest BCUT2D eigenvalue weighted by atomic mass is 9.74. The summed E-state index contributed by atoms with van der Waals surface area (Å²) in [6.45, 7) is 3.80. The summed E-state index contributed by atoms with van der Waals surface area (Å²) < 4.78 is 5.83. The Hall–Kier alpha value is -2.90. The van der Waals surface area contributed by atoms with Crippen LogP contribution in [0.1, 0.15) is 67.4 Å². The fraction of sp³-hybridized carbons (Fsp3) is 0.517.